The lowest BCUT2D eigenvalue weighted by Gasteiger charge is -2.12. The fraction of sp³-hybridized carbons (Fsp3) is 0.600. The van der Waals surface area contributed by atoms with Crippen molar-refractivity contribution in [2.24, 2.45) is 0 Å². The van der Waals surface area contributed by atoms with E-state index < -0.39 is 12.0 Å². The fourth-order valence-electron chi connectivity index (χ4n) is 3.64. The van der Waals surface area contributed by atoms with Crippen LogP contribution in [0.3, 0.4) is 0 Å². The van der Waals surface area contributed by atoms with Crippen LogP contribution in [0.15, 0.2) is 69.9 Å². The number of aliphatic hydroxyl groups excluding tert-OH is 1. The quantitative estimate of drug-likeness (QED) is 0.100. The molecule has 242 valence electrons. The van der Waals surface area contributed by atoms with Crippen molar-refractivity contribution in [1.82, 2.24) is 5.32 Å². The molecule has 1 amide bonds. The number of carbonyl (C=O) groups excluding carboxylic acids is 1. The number of hydrogen-bond donors (Lipinski definition) is 3. The Labute approximate surface area is 260 Å². The van der Waals surface area contributed by atoms with Gasteiger partial charge >= 0.3 is 5.97 Å². The first-order valence-electron chi connectivity index (χ1n) is 14.9. The monoisotopic (exact) mass is 609 g/mol. The van der Waals surface area contributed by atoms with E-state index in [2.05, 4.69) is 91.1 Å². The zero-order chi connectivity index (χ0) is 31.6. The van der Waals surface area contributed by atoms with Gasteiger partial charge in [0.05, 0.1) is 6.61 Å². The molecule has 0 bridgehead atoms. The molecule has 1 atom stereocenters. The smallest absolute Gasteiger partial charge is 0.327 e. The molecule has 0 heterocycles. The number of carbonyl (C=O) groups is 2. The Morgan fingerprint density at radius 3 is 1.38 bits per heavy atom. The summed E-state index contributed by atoms with van der Waals surface area (Å²) >= 11 is 1.52. The van der Waals surface area contributed by atoms with Gasteiger partial charge in [0.15, 0.2) is 0 Å². The van der Waals surface area contributed by atoms with Crippen molar-refractivity contribution in [1.29, 1.82) is 0 Å². The van der Waals surface area contributed by atoms with Gasteiger partial charge in [-0.25, -0.2) is 4.79 Å². The Morgan fingerprint density at radius 1 is 0.643 bits per heavy atom. The predicted molar refractivity (Wildman–Crippen MR) is 183 cm³/mol. The van der Waals surface area contributed by atoms with Gasteiger partial charge < -0.3 is 15.5 Å². The number of aliphatic carboxylic acids is 1. The van der Waals surface area contributed by atoms with Crippen molar-refractivity contribution in [3.8, 4) is 0 Å². The largest absolute Gasteiger partial charge is 0.480 e. The van der Waals surface area contributed by atoms with Crippen molar-refractivity contribution in [3.05, 3.63) is 69.9 Å². The summed E-state index contributed by atoms with van der Waals surface area (Å²) in [6, 6.07) is -0.817. The second-order valence-corrected chi connectivity index (χ2v) is 12.3. The molecule has 0 saturated heterocycles. The van der Waals surface area contributed by atoms with E-state index in [0.29, 0.717) is 5.75 Å². The van der Waals surface area contributed by atoms with Crippen LogP contribution < -0.4 is 5.32 Å². The van der Waals surface area contributed by atoms with E-state index in [9.17, 15) is 9.59 Å². The number of thioether (sulfide) groups is 1. The minimum Gasteiger partial charge on any atom is -0.480 e. The lowest BCUT2D eigenvalue weighted by atomic mass is 10.1. The number of hydrogen-bond acceptors (Lipinski definition) is 4. The molecular formula is C35H60FNO4S. The highest BCUT2D eigenvalue weighted by molar-refractivity contribution is 7.99. The Bertz CT molecular complexity index is 937. The number of aliphatic hydroxyl groups is 1. The van der Waals surface area contributed by atoms with Gasteiger partial charge in [0, 0.05) is 18.4 Å². The number of carboxylic acids is 1. The Balaban J connectivity index is -0.000000776. The normalized spacial score (nSPS) is 12.8. The van der Waals surface area contributed by atoms with Gasteiger partial charge in [-0.1, -0.05) is 69.9 Å². The van der Waals surface area contributed by atoms with Crippen LogP contribution in [0.25, 0.3) is 0 Å². The van der Waals surface area contributed by atoms with Gasteiger partial charge in [-0.15, -0.1) is 0 Å². The summed E-state index contributed by atoms with van der Waals surface area (Å²) < 4.78 is 0. The van der Waals surface area contributed by atoms with Gasteiger partial charge in [-0.3, -0.25) is 9.50 Å². The first-order valence-corrected chi connectivity index (χ1v) is 16.0. The molecule has 42 heavy (non-hydrogen) atoms. The van der Waals surface area contributed by atoms with Crippen molar-refractivity contribution in [2.45, 2.75) is 120 Å². The van der Waals surface area contributed by atoms with Crippen LogP contribution in [0.2, 0.25) is 0 Å². The minimum absolute atomic E-state index is 0. The molecule has 0 unspecified atom stereocenters. The maximum absolute atomic E-state index is 11.0. The molecule has 0 spiro atoms. The Hall–Kier alpha value is -2.38. The molecule has 0 aromatic heterocycles. The van der Waals surface area contributed by atoms with Gasteiger partial charge in [0.2, 0.25) is 5.91 Å². The van der Waals surface area contributed by atoms with Crippen molar-refractivity contribution >= 4 is 23.6 Å². The Morgan fingerprint density at radius 2 is 1.02 bits per heavy atom. The molecule has 0 radical (unpaired) electrons. The number of rotatable bonds is 19. The SMILES string of the molecule is CC(=O)N[C@@H](CSC/C=C(\C)CC/C=C(/C)CCC=C(C)C)C(=O)O.CC(C)=CCC/C(C)=C\CC/C(C)=C/CO.F. The average molecular weight is 610 g/mol. The van der Waals surface area contributed by atoms with Gasteiger partial charge in [0.1, 0.15) is 6.04 Å². The molecule has 0 aromatic rings. The third-order valence-corrected chi connectivity index (χ3v) is 7.17. The summed E-state index contributed by atoms with van der Waals surface area (Å²) in [6.07, 6.45) is 21.9. The summed E-state index contributed by atoms with van der Waals surface area (Å²) in [5.74, 6) is -0.163. The second kappa shape index (κ2) is 28.7. The highest BCUT2D eigenvalue weighted by Gasteiger charge is 2.17. The maximum atomic E-state index is 11.0. The molecule has 0 aliphatic rings. The van der Waals surface area contributed by atoms with Crippen LogP contribution in [0.4, 0.5) is 4.70 Å². The van der Waals surface area contributed by atoms with E-state index in [1.54, 1.807) is 0 Å². The number of halogens is 1. The third kappa shape index (κ3) is 32.1. The molecule has 3 N–H and O–H groups in total. The number of amides is 1. The summed E-state index contributed by atoms with van der Waals surface area (Å²) in [5.41, 5.74) is 8.25. The predicted octanol–water partition coefficient (Wildman–Crippen LogP) is 9.28. The van der Waals surface area contributed by atoms with Crippen LogP contribution in [-0.2, 0) is 9.59 Å². The lowest BCUT2D eigenvalue weighted by molar-refractivity contribution is -0.140. The molecule has 0 saturated carbocycles. The summed E-state index contributed by atoms with van der Waals surface area (Å²) in [7, 11) is 0. The number of allylic oxidation sites excluding steroid dienone is 10. The fourth-order valence-corrected chi connectivity index (χ4v) is 4.64. The van der Waals surface area contributed by atoms with E-state index in [1.807, 2.05) is 6.08 Å². The zero-order valence-corrected chi connectivity index (χ0v) is 28.7. The highest BCUT2D eigenvalue weighted by atomic mass is 32.2. The number of nitrogens with one attached hydrogen (secondary N) is 1. The molecule has 0 aromatic carbocycles. The van der Waals surface area contributed by atoms with Crippen LogP contribution in [0.1, 0.15) is 114 Å². The van der Waals surface area contributed by atoms with E-state index in [0.717, 1.165) is 57.1 Å². The van der Waals surface area contributed by atoms with Crippen molar-refractivity contribution in [3.63, 3.8) is 0 Å². The topological polar surface area (TPSA) is 86.6 Å². The second-order valence-electron chi connectivity index (χ2n) is 11.2. The highest BCUT2D eigenvalue weighted by Crippen LogP contribution is 2.13. The number of carboxylic acid groups (broad SMARTS) is 1. The Kier molecular flexibility index (Phi) is 30.1. The first-order chi connectivity index (χ1) is 19.3. The van der Waals surface area contributed by atoms with E-state index in [4.69, 9.17) is 10.2 Å². The van der Waals surface area contributed by atoms with Crippen LogP contribution >= 0.6 is 11.8 Å². The maximum Gasteiger partial charge on any atom is 0.327 e. The summed E-state index contributed by atoms with van der Waals surface area (Å²) in [5, 5.41) is 20.2. The molecule has 5 nitrogen and oxygen atoms in total. The third-order valence-electron chi connectivity index (χ3n) is 6.19. The van der Waals surface area contributed by atoms with Crippen molar-refractivity contribution in [2.75, 3.05) is 18.1 Å². The van der Waals surface area contributed by atoms with Crippen LogP contribution in [0, 0.1) is 0 Å². The zero-order valence-electron chi connectivity index (χ0n) is 27.8. The molecule has 0 fully saturated rings. The summed E-state index contributed by atoms with van der Waals surface area (Å²) in [6.45, 7) is 18.6. The van der Waals surface area contributed by atoms with E-state index in [-0.39, 0.29) is 17.2 Å². The summed E-state index contributed by atoms with van der Waals surface area (Å²) in [4.78, 5) is 22.0. The first kappa shape index (κ1) is 44.1. The van der Waals surface area contributed by atoms with Crippen LogP contribution in [0.5, 0.6) is 0 Å². The molecule has 0 aliphatic carbocycles. The lowest BCUT2D eigenvalue weighted by Crippen LogP contribution is -2.41. The van der Waals surface area contributed by atoms with Gasteiger partial charge in [-0.05, 0) is 107 Å². The standard InChI is InChI=1S/C20H33NO3S.C15H26O.FH/c1-15(2)8-6-9-16(3)10-7-11-17(4)12-13-25-14-19(20(23)24)21-18(5)22;1-13(2)7-5-8-14(3)9-6-10-15(4)11-12-16;/h8,10,12,19H,6-7,9,11,13-14H2,1-5H3,(H,21,22)(H,23,24);7,9,11,16H,5-6,8,10,12H2,1-4H3;1H/b16-10-,17-12+;14-9-,15-11+;/t19-;;/m0../s1. The van der Waals surface area contributed by atoms with Crippen molar-refractivity contribution < 1.29 is 24.5 Å². The molecular weight excluding hydrogens is 549 g/mol. The minimum atomic E-state index is -0.989. The van der Waals surface area contributed by atoms with Gasteiger partial charge in [-0.2, -0.15) is 11.8 Å². The molecule has 0 rings (SSSR count). The molecule has 7 heteroatoms. The van der Waals surface area contributed by atoms with E-state index in [1.165, 1.54) is 52.1 Å². The van der Waals surface area contributed by atoms with Crippen LogP contribution in [-0.4, -0.2) is 46.2 Å². The van der Waals surface area contributed by atoms with Gasteiger partial charge in [0.25, 0.3) is 0 Å². The average Bonchev–Trinajstić information content (AvgIpc) is 2.85. The molecule has 0 aliphatic heterocycles. The van der Waals surface area contributed by atoms with E-state index >= 15 is 0 Å².